The summed E-state index contributed by atoms with van der Waals surface area (Å²) < 4.78 is 10.4. The predicted molar refractivity (Wildman–Crippen MR) is 81.4 cm³/mol. The average molecular weight is 275 g/mol. The van der Waals surface area contributed by atoms with Crippen molar-refractivity contribution in [3.05, 3.63) is 30.5 Å². The van der Waals surface area contributed by atoms with Gasteiger partial charge in [-0.05, 0) is 29.7 Å². The molecule has 2 N–H and O–H groups in total. The lowest BCUT2D eigenvalue weighted by atomic mass is 10.1. The van der Waals surface area contributed by atoms with Crippen LogP contribution in [0.1, 0.15) is 0 Å². The SMILES string of the molecule is COCCN(CCN)c1nccc2cc(OC)ccc12. The summed E-state index contributed by atoms with van der Waals surface area (Å²) >= 11 is 0. The first-order valence-electron chi connectivity index (χ1n) is 6.67. The van der Waals surface area contributed by atoms with Crippen LogP contribution in [0.2, 0.25) is 0 Å². The number of methoxy groups -OCH3 is 2. The minimum atomic E-state index is 0.581. The molecule has 1 aromatic heterocycles. The number of aromatic nitrogens is 1. The molecule has 0 radical (unpaired) electrons. The standard InChI is InChI=1S/C15H21N3O2/c1-19-10-9-18(8-6-16)15-14-4-3-13(20-2)11-12(14)5-7-17-15/h3-5,7,11H,6,8-10,16H2,1-2H3. The van der Waals surface area contributed by atoms with Crippen molar-refractivity contribution in [1.82, 2.24) is 4.98 Å². The second kappa shape index (κ2) is 7.07. The largest absolute Gasteiger partial charge is 0.497 e. The van der Waals surface area contributed by atoms with E-state index in [2.05, 4.69) is 9.88 Å². The van der Waals surface area contributed by atoms with E-state index in [0.717, 1.165) is 35.4 Å². The van der Waals surface area contributed by atoms with E-state index in [1.807, 2.05) is 30.5 Å². The summed E-state index contributed by atoms with van der Waals surface area (Å²) in [4.78, 5) is 6.66. The molecule has 5 heteroatoms. The van der Waals surface area contributed by atoms with Gasteiger partial charge in [0.2, 0.25) is 0 Å². The van der Waals surface area contributed by atoms with E-state index >= 15 is 0 Å². The first-order valence-corrected chi connectivity index (χ1v) is 6.67. The van der Waals surface area contributed by atoms with Gasteiger partial charge in [-0.1, -0.05) is 0 Å². The highest BCUT2D eigenvalue weighted by Crippen LogP contribution is 2.27. The summed E-state index contributed by atoms with van der Waals surface area (Å²) in [6, 6.07) is 7.98. The molecule has 0 saturated carbocycles. The molecule has 0 fully saturated rings. The van der Waals surface area contributed by atoms with E-state index < -0.39 is 0 Å². The number of nitrogens with two attached hydrogens (primary N) is 1. The highest BCUT2D eigenvalue weighted by Gasteiger charge is 2.11. The van der Waals surface area contributed by atoms with Gasteiger partial charge < -0.3 is 20.1 Å². The smallest absolute Gasteiger partial charge is 0.136 e. The van der Waals surface area contributed by atoms with Crippen LogP contribution in [0.4, 0.5) is 5.82 Å². The molecule has 0 atom stereocenters. The van der Waals surface area contributed by atoms with E-state index in [9.17, 15) is 0 Å². The summed E-state index contributed by atoms with van der Waals surface area (Å²) in [6.07, 6.45) is 1.81. The van der Waals surface area contributed by atoms with Crippen molar-refractivity contribution in [2.24, 2.45) is 5.73 Å². The molecular weight excluding hydrogens is 254 g/mol. The van der Waals surface area contributed by atoms with Gasteiger partial charge in [-0.2, -0.15) is 0 Å². The molecule has 108 valence electrons. The molecule has 0 aliphatic carbocycles. The summed E-state index contributed by atoms with van der Waals surface area (Å²) in [5, 5.41) is 2.20. The van der Waals surface area contributed by atoms with Gasteiger partial charge in [-0.25, -0.2) is 4.98 Å². The number of nitrogens with zero attached hydrogens (tertiary/aromatic N) is 2. The van der Waals surface area contributed by atoms with Crippen LogP contribution in [0.25, 0.3) is 10.8 Å². The fourth-order valence-electron chi connectivity index (χ4n) is 2.20. The summed E-state index contributed by atoms with van der Waals surface area (Å²) in [6.45, 7) is 2.75. The second-order valence-corrected chi connectivity index (χ2v) is 4.49. The maximum absolute atomic E-state index is 5.70. The Morgan fingerprint density at radius 1 is 1.20 bits per heavy atom. The van der Waals surface area contributed by atoms with Gasteiger partial charge in [0.1, 0.15) is 11.6 Å². The zero-order valence-electron chi connectivity index (χ0n) is 12.0. The Morgan fingerprint density at radius 2 is 2.05 bits per heavy atom. The van der Waals surface area contributed by atoms with Crippen molar-refractivity contribution in [3.63, 3.8) is 0 Å². The van der Waals surface area contributed by atoms with Gasteiger partial charge in [-0.3, -0.25) is 0 Å². The number of hydrogen-bond donors (Lipinski definition) is 1. The highest BCUT2D eigenvalue weighted by atomic mass is 16.5. The quantitative estimate of drug-likeness (QED) is 0.832. The maximum Gasteiger partial charge on any atom is 0.136 e. The fourth-order valence-corrected chi connectivity index (χ4v) is 2.20. The van der Waals surface area contributed by atoms with Gasteiger partial charge in [0.25, 0.3) is 0 Å². The van der Waals surface area contributed by atoms with Gasteiger partial charge in [-0.15, -0.1) is 0 Å². The van der Waals surface area contributed by atoms with Gasteiger partial charge >= 0.3 is 0 Å². The van der Waals surface area contributed by atoms with Crippen LogP contribution in [-0.2, 0) is 4.74 Å². The lowest BCUT2D eigenvalue weighted by molar-refractivity contribution is 0.205. The lowest BCUT2D eigenvalue weighted by Crippen LogP contribution is -2.33. The van der Waals surface area contributed by atoms with Gasteiger partial charge in [0.15, 0.2) is 0 Å². The van der Waals surface area contributed by atoms with Gasteiger partial charge in [0, 0.05) is 38.3 Å². The zero-order chi connectivity index (χ0) is 14.4. The molecule has 1 heterocycles. The van der Waals surface area contributed by atoms with Crippen molar-refractivity contribution in [2.45, 2.75) is 0 Å². The van der Waals surface area contributed by atoms with E-state index in [1.54, 1.807) is 14.2 Å². The number of anilines is 1. The molecule has 20 heavy (non-hydrogen) atoms. The van der Waals surface area contributed by atoms with Crippen molar-refractivity contribution in [1.29, 1.82) is 0 Å². The number of hydrogen-bond acceptors (Lipinski definition) is 5. The number of benzene rings is 1. The molecule has 0 aliphatic rings. The molecule has 0 spiro atoms. The minimum absolute atomic E-state index is 0.581. The van der Waals surface area contributed by atoms with Crippen molar-refractivity contribution in [3.8, 4) is 5.75 Å². The van der Waals surface area contributed by atoms with Gasteiger partial charge in [0.05, 0.1) is 13.7 Å². The van der Waals surface area contributed by atoms with E-state index in [-0.39, 0.29) is 0 Å². The van der Waals surface area contributed by atoms with Crippen molar-refractivity contribution in [2.75, 3.05) is 45.4 Å². The molecule has 2 rings (SSSR count). The third kappa shape index (κ3) is 3.18. The van der Waals surface area contributed by atoms with Crippen LogP contribution in [0.5, 0.6) is 5.75 Å². The number of pyridine rings is 1. The van der Waals surface area contributed by atoms with E-state index in [0.29, 0.717) is 13.2 Å². The van der Waals surface area contributed by atoms with E-state index in [4.69, 9.17) is 15.2 Å². The average Bonchev–Trinajstić information content (AvgIpc) is 2.50. The molecule has 0 saturated heterocycles. The Kier molecular flexibility index (Phi) is 5.15. The van der Waals surface area contributed by atoms with Crippen LogP contribution >= 0.6 is 0 Å². The summed E-state index contributed by atoms with van der Waals surface area (Å²) in [5.41, 5.74) is 5.70. The summed E-state index contributed by atoms with van der Waals surface area (Å²) in [5.74, 6) is 1.78. The number of rotatable bonds is 7. The molecule has 0 bridgehead atoms. The molecular formula is C15H21N3O2. The second-order valence-electron chi connectivity index (χ2n) is 4.49. The van der Waals surface area contributed by atoms with Crippen LogP contribution in [0, 0.1) is 0 Å². The Bertz CT molecular complexity index is 560. The highest BCUT2D eigenvalue weighted by molar-refractivity contribution is 5.93. The molecule has 0 amide bonds. The first-order chi connectivity index (χ1) is 9.80. The molecule has 5 nitrogen and oxygen atoms in total. The molecule has 1 aromatic carbocycles. The Hall–Kier alpha value is -1.85. The fraction of sp³-hybridized carbons (Fsp3) is 0.400. The van der Waals surface area contributed by atoms with Crippen molar-refractivity contribution < 1.29 is 9.47 Å². The first kappa shape index (κ1) is 14.6. The minimum Gasteiger partial charge on any atom is -0.497 e. The third-order valence-corrected chi connectivity index (χ3v) is 3.21. The third-order valence-electron chi connectivity index (χ3n) is 3.21. The van der Waals surface area contributed by atoms with E-state index in [1.165, 1.54) is 0 Å². The van der Waals surface area contributed by atoms with Crippen LogP contribution < -0.4 is 15.4 Å². The Morgan fingerprint density at radius 3 is 2.75 bits per heavy atom. The molecule has 0 unspecified atom stereocenters. The Labute approximate surface area is 119 Å². The van der Waals surface area contributed by atoms with Crippen LogP contribution in [-0.4, -0.2) is 45.4 Å². The van der Waals surface area contributed by atoms with Crippen molar-refractivity contribution >= 4 is 16.6 Å². The topological polar surface area (TPSA) is 60.6 Å². The molecule has 0 aliphatic heterocycles. The number of ether oxygens (including phenoxy) is 2. The zero-order valence-corrected chi connectivity index (χ0v) is 12.0. The normalized spacial score (nSPS) is 10.8. The van der Waals surface area contributed by atoms with Crippen LogP contribution in [0.3, 0.4) is 0 Å². The lowest BCUT2D eigenvalue weighted by Gasteiger charge is -2.24. The Balaban J connectivity index is 2.40. The molecule has 2 aromatic rings. The monoisotopic (exact) mass is 275 g/mol. The maximum atomic E-state index is 5.70. The predicted octanol–water partition coefficient (Wildman–Crippen LogP) is 1.65. The number of fused-ring (bicyclic) bond motifs is 1. The van der Waals surface area contributed by atoms with Crippen LogP contribution in [0.15, 0.2) is 30.5 Å². The summed E-state index contributed by atoms with van der Waals surface area (Å²) in [7, 11) is 3.37.